The summed E-state index contributed by atoms with van der Waals surface area (Å²) in [7, 11) is 2.59. The first kappa shape index (κ1) is 25.3. The smallest absolute Gasteiger partial charge is 0.417 e. The monoisotopic (exact) mass is 456 g/mol. The zero-order valence-electron chi connectivity index (χ0n) is 17.5. The molecule has 0 bridgehead atoms. The molecule has 0 amide bonds. The standard InChI is InChI=1S/C20H25F5O6/c1-11-14(12-5-6-13(21)15(22)16(12)30-10-9-29-4)19(17(26)27,7-8-28-3)31-18(11,2)20(23,24)25/h5-6,11,14H,7-10H2,1-4H3,(H,26,27). The number of alkyl halides is 3. The third-order valence-corrected chi connectivity index (χ3v) is 5.82. The Hall–Kier alpha value is -1.98. The SMILES string of the molecule is COCCOc1c(C2C(C)C(C)(C(F)(F)F)OC2(CCOC)C(=O)O)ccc(F)c1F. The van der Waals surface area contributed by atoms with Crippen molar-refractivity contribution in [2.75, 3.05) is 34.0 Å². The second-order valence-corrected chi connectivity index (χ2v) is 7.53. The Morgan fingerprint density at radius 3 is 2.29 bits per heavy atom. The predicted octanol–water partition coefficient (Wildman–Crippen LogP) is 3.92. The van der Waals surface area contributed by atoms with Crippen LogP contribution in [0.1, 0.15) is 31.7 Å². The largest absolute Gasteiger partial charge is 0.488 e. The molecule has 1 aromatic rings. The van der Waals surface area contributed by atoms with Crippen molar-refractivity contribution in [3.05, 3.63) is 29.3 Å². The topological polar surface area (TPSA) is 74.2 Å². The summed E-state index contributed by atoms with van der Waals surface area (Å²) in [5.41, 5.74) is -5.55. The van der Waals surface area contributed by atoms with E-state index in [9.17, 15) is 31.9 Å². The molecule has 2 rings (SSSR count). The average molecular weight is 456 g/mol. The molecule has 0 spiro atoms. The molecule has 1 aromatic carbocycles. The molecule has 11 heteroatoms. The number of rotatable bonds is 9. The number of aliphatic carboxylic acids is 1. The van der Waals surface area contributed by atoms with Crippen molar-refractivity contribution in [3.8, 4) is 5.75 Å². The molecule has 0 aromatic heterocycles. The predicted molar refractivity (Wildman–Crippen MR) is 98.0 cm³/mol. The van der Waals surface area contributed by atoms with E-state index in [-0.39, 0.29) is 25.4 Å². The zero-order valence-corrected chi connectivity index (χ0v) is 17.5. The van der Waals surface area contributed by atoms with Crippen LogP contribution in [-0.2, 0) is 19.0 Å². The van der Waals surface area contributed by atoms with E-state index in [4.69, 9.17) is 18.9 Å². The third kappa shape index (κ3) is 4.35. The van der Waals surface area contributed by atoms with E-state index in [1.807, 2.05) is 0 Å². The number of ether oxygens (including phenoxy) is 4. The van der Waals surface area contributed by atoms with Crippen LogP contribution < -0.4 is 4.74 Å². The fourth-order valence-corrected chi connectivity index (χ4v) is 4.00. The van der Waals surface area contributed by atoms with Gasteiger partial charge in [0, 0.05) is 44.6 Å². The van der Waals surface area contributed by atoms with E-state index < -0.39 is 59.0 Å². The molecule has 31 heavy (non-hydrogen) atoms. The molecule has 4 atom stereocenters. The maximum Gasteiger partial charge on any atom is 0.417 e. The summed E-state index contributed by atoms with van der Waals surface area (Å²) in [6.45, 7) is 1.41. The highest BCUT2D eigenvalue weighted by Crippen LogP contribution is 2.60. The molecule has 1 N–H and O–H groups in total. The first-order valence-electron chi connectivity index (χ1n) is 9.46. The van der Waals surface area contributed by atoms with E-state index in [0.29, 0.717) is 6.07 Å². The zero-order chi connectivity index (χ0) is 23.6. The first-order valence-corrected chi connectivity index (χ1v) is 9.46. The van der Waals surface area contributed by atoms with Gasteiger partial charge in [-0.05, 0) is 13.0 Å². The molecular formula is C20H25F5O6. The summed E-state index contributed by atoms with van der Waals surface area (Å²) in [6, 6.07) is 1.74. The van der Waals surface area contributed by atoms with Gasteiger partial charge in [0.15, 0.2) is 22.8 Å². The number of hydrogen-bond acceptors (Lipinski definition) is 5. The minimum atomic E-state index is -4.94. The molecule has 176 valence electrons. The van der Waals surface area contributed by atoms with Crippen molar-refractivity contribution >= 4 is 5.97 Å². The minimum absolute atomic E-state index is 0.0138. The summed E-state index contributed by atoms with van der Waals surface area (Å²) < 4.78 is 90.7. The summed E-state index contributed by atoms with van der Waals surface area (Å²) in [4.78, 5) is 12.3. The van der Waals surface area contributed by atoms with Gasteiger partial charge >= 0.3 is 12.1 Å². The van der Waals surface area contributed by atoms with Crippen molar-refractivity contribution in [2.45, 2.75) is 43.6 Å². The summed E-state index contributed by atoms with van der Waals surface area (Å²) in [6.07, 6.45) is -5.40. The number of carboxylic acid groups (broad SMARTS) is 1. The number of methoxy groups -OCH3 is 2. The van der Waals surface area contributed by atoms with Crippen molar-refractivity contribution in [3.63, 3.8) is 0 Å². The minimum Gasteiger partial charge on any atom is -0.488 e. The van der Waals surface area contributed by atoms with Gasteiger partial charge < -0.3 is 24.1 Å². The van der Waals surface area contributed by atoms with Gasteiger partial charge in [0.05, 0.1) is 6.61 Å². The van der Waals surface area contributed by atoms with Crippen LogP contribution in [0.3, 0.4) is 0 Å². The Balaban J connectivity index is 2.75. The van der Waals surface area contributed by atoms with Crippen LogP contribution in [0, 0.1) is 17.6 Å². The van der Waals surface area contributed by atoms with Gasteiger partial charge in [-0.1, -0.05) is 13.0 Å². The van der Waals surface area contributed by atoms with E-state index in [1.165, 1.54) is 14.2 Å². The molecule has 0 aliphatic carbocycles. The molecular weight excluding hydrogens is 431 g/mol. The van der Waals surface area contributed by atoms with E-state index in [2.05, 4.69) is 0 Å². The van der Waals surface area contributed by atoms with Crippen LogP contribution in [-0.4, -0.2) is 62.5 Å². The van der Waals surface area contributed by atoms with Crippen molar-refractivity contribution in [1.29, 1.82) is 0 Å². The quantitative estimate of drug-likeness (QED) is 0.449. The van der Waals surface area contributed by atoms with E-state index in [0.717, 1.165) is 19.9 Å². The average Bonchev–Trinajstić information content (AvgIpc) is 2.93. The van der Waals surface area contributed by atoms with Gasteiger partial charge in [0.2, 0.25) is 5.82 Å². The normalized spacial score (nSPS) is 28.7. The third-order valence-electron chi connectivity index (χ3n) is 5.82. The lowest BCUT2D eigenvalue weighted by Gasteiger charge is -2.33. The number of halogens is 5. The molecule has 1 aliphatic rings. The molecule has 6 nitrogen and oxygen atoms in total. The molecule has 1 saturated heterocycles. The van der Waals surface area contributed by atoms with Gasteiger partial charge in [-0.3, -0.25) is 0 Å². The van der Waals surface area contributed by atoms with Gasteiger partial charge in [0.25, 0.3) is 0 Å². The molecule has 0 radical (unpaired) electrons. The fourth-order valence-electron chi connectivity index (χ4n) is 4.00. The summed E-state index contributed by atoms with van der Waals surface area (Å²) >= 11 is 0. The maximum absolute atomic E-state index is 14.6. The Kier molecular flexibility index (Phi) is 7.55. The second-order valence-electron chi connectivity index (χ2n) is 7.53. The van der Waals surface area contributed by atoms with Crippen LogP contribution in [0.25, 0.3) is 0 Å². The van der Waals surface area contributed by atoms with Crippen molar-refractivity contribution in [1.82, 2.24) is 0 Å². The summed E-state index contributed by atoms with van der Waals surface area (Å²) in [5.74, 6) is -8.10. The molecule has 1 fully saturated rings. The van der Waals surface area contributed by atoms with Gasteiger partial charge in [0.1, 0.15) is 6.61 Å². The molecule has 0 saturated carbocycles. The van der Waals surface area contributed by atoms with Crippen LogP contribution in [0.4, 0.5) is 22.0 Å². The number of benzene rings is 1. The van der Waals surface area contributed by atoms with Crippen molar-refractivity contribution in [2.24, 2.45) is 5.92 Å². The van der Waals surface area contributed by atoms with E-state index in [1.54, 1.807) is 0 Å². The number of hydrogen-bond donors (Lipinski definition) is 1. The number of carbonyl (C=O) groups is 1. The lowest BCUT2D eigenvalue weighted by molar-refractivity contribution is -0.287. The fraction of sp³-hybridized carbons (Fsp3) is 0.650. The molecule has 1 heterocycles. The molecule has 4 unspecified atom stereocenters. The van der Waals surface area contributed by atoms with Crippen LogP contribution in [0.2, 0.25) is 0 Å². The highest BCUT2D eigenvalue weighted by atomic mass is 19.4. The Labute approximate surface area is 176 Å². The van der Waals surface area contributed by atoms with Gasteiger partial charge in [-0.25, -0.2) is 9.18 Å². The Morgan fingerprint density at radius 2 is 1.77 bits per heavy atom. The van der Waals surface area contributed by atoms with Crippen LogP contribution in [0.15, 0.2) is 12.1 Å². The highest BCUT2D eigenvalue weighted by molar-refractivity contribution is 5.80. The summed E-state index contributed by atoms with van der Waals surface area (Å²) in [5, 5.41) is 9.99. The second kappa shape index (κ2) is 9.25. The van der Waals surface area contributed by atoms with Crippen molar-refractivity contribution < 1.29 is 50.8 Å². The lowest BCUT2D eigenvalue weighted by atomic mass is 9.71. The number of carboxylic acids is 1. The molecule has 1 aliphatic heterocycles. The van der Waals surface area contributed by atoms with Gasteiger partial charge in [-0.15, -0.1) is 0 Å². The Bertz CT molecular complexity index is 801. The van der Waals surface area contributed by atoms with E-state index >= 15 is 0 Å². The Morgan fingerprint density at radius 1 is 1.16 bits per heavy atom. The highest BCUT2D eigenvalue weighted by Gasteiger charge is 2.71. The maximum atomic E-state index is 14.6. The van der Waals surface area contributed by atoms with Gasteiger partial charge in [-0.2, -0.15) is 17.6 Å². The van der Waals surface area contributed by atoms with Crippen LogP contribution >= 0.6 is 0 Å². The van der Waals surface area contributed by atoms with Crippen LogP contribution in [0.5, 0.6) is 5.75 Å². The first-order chi connectivity index (χ1) is 14.4. The lowest BCUT2D eigenvalue weighted by Crippen LogP contribution is -2.50.